The molecule has 3 unspecified atom stereocenters. The quantitative estimate of drug-likeness (QED) is 0.665. The fraction of sp³-hybridized carbons (Fsp3) is 0.368. The zero-order chi connectivity index (χ0) is 14.2. The van der Waals surface area contributed by atoms with Crippen LogP contribution in [0.5, 0.6) is 0 Å². The summed E-state index contributed by atoms with van der Waals surface area (Å²) in [5.74, 6) is 7.15. The van der Waals surface area contributed by atoms with Crippen molar-refractivity contribution in [2.24, 2.45) is 5.84 Å². The van der Waals surface area contributed by atoms with E-state index < -0.39 is 0 Å². The molecule has 0 saturated heterocycles. The van der Waals surface area contributed by atoms with Crippen LogP contribution in [-0.2, 0) is 12.8 Å². The molecular formula is C19H22N2. The molecule has 0 saturated carbocycles. The highest BCUT2D eigenvalue weighted by molar-refractivity contribution is 5.41. The second-order valence-electron chi connectivity index (χ2n) is 6.45. The largest absolute Gasteiger partial charge is 0.271 e. The number of nitrogens with two attached hydrogens (primary N) is 1. The van der Waals surface area contributed by atoms with Gasteiger partial charge in [-0.2, -0.15) is 0 Å². The molecule has 0 aromatic heterocycles. The Hall–Kier alpha value is -1.64. The van der Waals surface area contributed by atoms with Crippen LogP contribution in [0, 0.1) is 0 Å². The van der Waals surface area contributed by atoms with Crippen LogP contribution in [0.4, 0.5) is 0 Å². The lowest BCUT2D eigenvalue weighted by Crippen LogP contribution is -2.41. The molecule has 4 rings (SSSR count). The van der Waals surface area contributed by atoms with Crippen molar-refractivity contribution in [3.05, 3.63) is 70.8 Å². The van der Waals surface area contributed by atoms with Crippen molar-refractivity contribution >= 4 is 0 Å². The molecule has 2 nitrogen and oxygen atoms in total. The Morgan fingerprint density at radius 2 is 1.71 bits per heavy atom. The van der Waals surface area contributed by atoms with E-state index in [1.165, 1.54) is 41.5 Å². The monoisotopic (exact) mass is 278 g/mol. The smallest absolute Gasteiger partial charge is 0.0285 e. The van der Waals surface area contributed by atoms with Crippen molar-refractivity contribution in [1.82, 2.24) is 5.43 Å². The van der Waals surface area contributed by atoms with Gasteiger partial charge in [0, 0.05) is 12.0 Å². The van der Waals surface area contributed by atoms with Crippen molar-refractivity contribution in [3.8, 4) is 0 Å². The molecule has 2 heteroatoms. The lowest BCUT2D eigenvalue weighted by Gasteiger charge is -2.35. The number of aryl methyl sites for hydroxylation is 1. The average Bonchev–Trinajstić information content (AvgIpc) is 2.93. The molecule has 2 aliphatic carbocycles. The summed E-state index contributed by atoms with van der Waals surface area (Å²) in [6.45, 7) is 0. The second kappa shape index (κ2) is 5.28. The molecule has 2 aromatic rings. The molecule has 3 N–H and O–H groups in total. The molecule has 21 heavy (non-hydrogen) atoms. The molecule has 0 spiro atoms. The number of rotatable bonds is 4. The second-order valence-corrected chi connectivity index (χ2v) is 6.45. The zero-order valence-corrected chi connectivity index (χ0v) is 12.3. The summed E-state index contributed by atoms with van der Waals surface area (Å²) in [5.41, 5.74) is 9.18. The predicted molar refractivity (Wildman–Crippen MR) is 86.1 cm³/mol. The number of fused-ring (bicyclic) bond motifs is 2. The minimum absolute atomic E-state index is 0.381. The maximum Gasteiger partial charge on any atom is 0.0285 e. The molecule has 2 aromatic carbocycles. The molecule has 0 amide bonds. The third kappa shape index (κ3) is 2.19. The highest BCUT2D eigenvalue weighted by Crippen LogP contribution is 2.42. The van der Waals surface area contributed by atoms with Gasteiger partial charge in [-0.05, 0) is 53.9 Å². The van der Waals surface area contributed by atoms with Crippen molar-refractivity contribution < 1.29 is 0 Å². The first kappa shape index (κ1) is 13.1. The van der Waals surface area contributed by atoms with Gasteiger partial charge in [-0.1, -0.05) is 48.5 Å². The van der Waals surface area contributed by atoms with Crippen LogP contribution in [0.25, 0.3) is 0 Å². The first-order valence-corrected chi connectivity index (χ1v) is 7.98. The van der Waals surface area contributed by atoms with Gasteiger partial charge >= 0.3 is 0 Å². The van der Waals surface area contributed by atoms with Gasteiger partial charge in [-0.25, -0.2) is 0 Å². The fourth-order valence-electron chi connectivity index (χ4n) is 4.24. The van der Waals surface area contributed by atoms with E-state index in [0.29, 0.717) is 17.9 Å². The topological polar surface area (TPSA) is 38.0 Å². The number of hydrogen-bond acceptors (Lipinski definition) is 2. The number of hydrazine groups is 1. The highest BCUT2D eigenvalue weighted by Gasteiger charge is 2.34. The summed E-state index contributed by atoms with van der Waals surface area (Å²) in [6.07, 6.45) is 4.78. The Balaban J connectivity index is 1.52. The van der Waals surface area contributed by atoms with Crippen LogP contribution in [0.15, 0.2) is 48.5 Å². The SMILES string of the molecule is NNC(CC1Cc2ccccc21)C1CCc2ccccc21. The summed E-state index contributed by atoms with van der Waals surface area (Å²) in [6, 6.07) is 18.1. The standard InChI is InChI=1S/C19H22N2/c20-21-19(12-15-11-14-6-2-3-7-16(14)15)18-10-9-13-5-1-4-8-17(13)18/h1-8,15,18-19,21H,9-12,20H2. The molecule has 0 heterocycles. The molecule has 0 radical (unpaired) electrons. The van der Waals surface area contributed by atoms with Gasteiger partial charge in [0.2, 0.25) is 0 Å². The van der Waals surface area contributed by atoms with Gasteiger partial charge in [-0.3, -0.25) is 11.3 Å². The molecule has 0 aliphatic heterocycles. The van der Waals surface area contributed by atoms with Crippen LogP contribution in [-0.4, -0.2) is 6.04 Å². The lowest BCUT2D eigenvalue weighted by atomic mass is 9.72. The molecule has 2 aliphatic rings. The van der Waals surface area contributed by atoms with Gasteiger partial charge < -0.3 is 0 Å². The summed E-state index contributed by atoms with van der Waals surface area (Å²) in [5, 5.41) is 0. The fourth-order valence-corrected chi connectivity index (χ4v) is 4.24. The van der Waals surface area contributed by atoms with Crippen molar-refractivity contribution in [2.45, 2.75) is 43.6 Å². The van der Waals surface area contributed by atoms with E-state index >= 15 is 0 Å². The third-order valence-electron chi connectivity index (χ3n) is 5.38. The van der Waals surface area contributed by atoms with E-state index in [-0.39, 0.29) is 0 Å². The molecule has 3 atom stereocenters. The van der Waals surface area contributed by atoms with E-state index in [2.05, 4.69) is 54.0 Å². The Morgan fingerprint density at radius 1 is 1.00 bits per heavy atom. The Kier molecular flexibility index (Phi) is 3.28. The Labute approximate surface area is 126 Å². The maximum atomic E-state index is 5.91. The van der Waals surface area contributed by atoms with Crippen LogP contribution in [0.3, 0.4) is 0 Å². The van der Waals surface area contributed by atoms with Crippen molar-refractivity contribution in [1.29, 1.82) is 0 Å². The normalized spacial score (nSPS) is 24.0. The third-order valence-corrected chi connectivity index (χ3v) is 5.38. The zero-order valence-electron chi connectivity index (χ0n) is 12.3. The Morgan fingerprint density at radius 3 is 2.48 bits per heavy atom. The first-order valence-electron chi connectivity index (χ1n) is 7.98. The summed E-state index contributed by atoms with van der Waals surface area (Å²) in [7, 11) is 0. The molecule has 108 valence electrons. The molecular weight excluding hydrogens is 256 g/mol. The summed E-state index contributed by atoms with van der Waals surface area (Å²) >= 11 is 0. The van der Waals surface area contributed by atoms with E-state index in [1.54, 1.807) is 0 Å². The van der Waals surface area contributed by atoms with Gasteiger partial charge in [-0.15, -0.1) is 0 Å². The maximum absolute atomic E-state index is 5.91. The van der Waals surface area contributed by atoms with E-state index in [1.807, 2.05) is 0 Å². The van der Waals surface area contributed by atoms with E-state index in [0.717, 1.165) is 6.42 Å². The van der Waals surface area contributed by atoms with Gasteiger partial charge in [0.1, 0.15) is 0 Å². The lowest BCUT2D eigenvalue weighted by molar-refractivity contribution is 0.368. The average molecular weight is 278 g/mol. The van der Waals surface area contributed by atoms with Crippen LogP contribution < -0.4 is 11.3 Å². The molecule has 0 fully saturated rings. The van der Waals surface area contributed by atoms with Crippen LogP contribution in [0.1, 0.15) is 46.9 Å². The minimum Gasteiger partial charge on any atom is -0.271 e. The summed E-state index contributed by atoms with van der Waals surface area (Å²) in [4.78, 5) is 0. The van der Waals surface area contributed by atoms with Crippen LogP contribution in [0.2, 0.25) is 0 Å². The van der Waals surface area contributed by atoms with Crippen molar-refractivity contribution in [2.75, 3.05) is 0 Å². The first-order chi connectivity index (χ1) is 10.4. The minimum atomic E-state index is 0.381. The summed E-state index contributed by atoms with van der Waals surface area (Å²) < 4.78 is 0. The van der Waals surface area contributed by atoms with E-state index in [4.69, 9.17) is 5.84 Å². The van der Waals surface area contributed by atoms with Crippen LogP contribution >= 0.6 is 0 Å². The predicted octanol–water partition coefficient (Wildman–Crippen LogP) is 3.28. The molecule has 0 bridgehead atoms. The number of hydrogen-bond donors (Lipinski definition) is 2. The van der Waals surface area contributed by atoms with Gasteiger partial charge in [0.15, 0.2) is 0 Å². The number of benzene rings is 2. The van der Waals surface area contributed by atoms with Gasteiger partial charge in [0.05, 0.1) is 0 Å². The van der Waals surface area contributed by atoms with Gasteiger partial charge in [0.25, 0.3) is 0 Å². The van der Waals surface area contributed by atoms with E-state index in [9.17, 15) is 0 Å². The van der Waals surface area contributed by atoms with Crippen molar-refractivity contribution in [3.63, 3.8) is 0 Å². The Bertz CT molecular complexity index is 650. The highest BCUT2D eigenvalue weighted by atomic mass is 15.2. The number of nitrogens with one attached hydrogen (secondary N) is 1.